The summed E-state index contributed by atoms with van der Waals surface area (Å²) in [6.07, 6.45) is 3.80. The highest BCUT2D eigenvalue weighted by Gasteiger charge is 2.12. The molecule has 0 fully saturated rings. The second-order valence-electron chi connectivity index (χ2n) is 10.9. The van der Waals surface area contributed by atoms with Crippen molar-refractivity contribution in [3.8, 4) is 0 Å². The molecule has 6 aromatic carbocycles. The van der Waals surface area contributed by atoms with E-state index in [4.69, 9.17) is 11.5 Å². The molecule has 0 saturated carbocycles. The molecule has 0 aliphatic rings. The molecular formula is C40H34N5P. The van der Waals surface area contributed by atoms with Crippen molar-refractivity contribution in [3.63, 3.8) is 0 Å². The van der Waals surface area contributed by atoms with Gasteiger partial charge < -0.3 is 20.8 Å². The molecule has 1 atom stereocenters. The first kappa shape index (κ1) is 29.0. The Kier molecular flexibility index (Phi) is 8.23. The average Bonchev–Trinajstić information content (AvgIpc) is 3.65. The first-order chi connectivity index (χ1) is 22.7. The number of aromatic amines is 1. The van der Waals surface area contributed by atoms with Crippen LogP contribution in [-0.2, 0) is 0 Å². The Balaban J connectivity index is 0.000000215. The van der Waals surface area contributed by atoms with Crippen molar-refractivity contribution in [1.82, 2.24) is 9.32 Å². The monoisotopic (exact) mass is 615 g/mol. The minimum Gasteiger partial charge on any atom is -0.397 e. The predicted molar refractivity (Wildman–Crippen MR) is 199 cm³/mol. The van der Waals surface area contributed by atoms with E-state index in [-0.39, 0.29) is 8.73 Å². The molecule has 8 aromatic rings. The SMILES string of the molecule is N/C(=C\C=C(/N)N(c1ccccc1)c1ccccc1)Pn1c2ccccc2c2ccccc21.c1ccc2c(c1)[nH]c1ccccc12. The van der Waals surface area contributed by atoms with E-state index in [9.17, 15) is 0 Å². The van der Waals surface area contributed by atoms with E-state index < -0.39 is 0 Å². The second-order valence-corrected chi connectivity index (χ2v) is 12.2. The van der Waals surface area contributed by atoms with Crippen LogP contribution in [0.2, 0.25) is 0 Å². The van der Waals surface area contributed by atoms with Crippen LogP contribution in [0.3, 0.4) is 0 Å². The minimum absolute atomic E-state index is 0.273. The van der Waals surface area contributed by atoms with E-state index in [1.165, 1.54) is 43.6 Å². The van der Waals surface area contributed by atoms with E-state index in [0.29, 0.717) is 5.82 Å². The lowest BCUT2D eigenvalue weighted by Gasteiger charge is -2.25. The predicted octanol–water partition coefficient (Wildman–Crippen LogP) is 10.00. The summed E-state index contributed by atoms with van der Waals surface area (Å²) in [7, 11) is 0.273. The van der Waals surface area contributed by atoms with Crippen LogP contribution in [0.5, 0.6) is 0 Å². The Hall–Kier alpha value is -5.77. The van der Waals surface area contributed by atoms with E-state index >= 15 is 0 Å². The van der Waals surface area contributed by atoms with Gasteiger partial charge in [-0.15, -0.1) is 0 Å². The minimum atomic E-state index is 0.273. The van der Waals surface area contributed by atoms with Crippen molar-refractivity contribution in [2.24, 2.45) is 11.5 Å². The van der Waals surface area contributed by atoms with Gasteiger partial charge in [0.15, 0.2) is 0 Å². The van der Waals surface area contributed by atoms with Crippen molar-refractivity contribution in [1.29, 1.82) is 0 Å². The molecule has 0 radical (unpaired) electrons. The van der Waals surface area contributed by atoms with Crippen LogP contribution in [0, 0.1) is 0 Å². The first-order valence-electron chi connectivity index (χ1n) is 15.2. The fourth-order valence-corrected chi connectivity index (χ4v) is 6.91. The standard InChI is InChI=1S/C28H25N4P.C12H9N/c29-27(31(21-11-3-1-4-12-21)22-13-5-2-6-14-22)19-20-28(30)33-32-25-17-9-7-15-23(25)24-16-8-10-18-26(24)32;1-3-7-11-9(5-1)10-6-2-4-8-12(10)13-11/h1-20,33H,29-30H2;1-8,13H/b27-19+,28-20+;. The average molecular weight is 616 g/mol. The van der Waals surface area contributed by atoms with Crippen molar-refractivity contribution < 1.29 is 0 Å². The number of anilines is 2. The number of nitrogens with two attached hydrogens (primary N) is 2. The zero-order valence-electron chi connectivity index (χ0n) is 25.2. The van der Waals surface area contributed by atoms with Gasteiger partial charge in [0.25, 0.3) is 0 Å². The summed E-state index contributed by atoms with van der Waals surface area (Å²) < 4.78 is 2.28. The van der Waals surface area contributed by atoms with Gasteiger partial charge in [-0.25, -0.2) is 0 Å². The fraction of sp³-hybridized carbons (Fsp3) is 0. The molecule has 0 amide bonds. The second kappa shape index (κ2) is 13.1. The van der Waals surface area contributed by atoms with E-state index in [2.05, 4.69) is 106 Å². The zero-order chi connectivity index (χ0) is 31.3. The number of aromatic nitrogens is 2. The maximum atomic E-state index is 6.57. The molecule has 0 aliphatic carbocycles. The van der Waals surface area contributed by atoms with Gasteiger partial charge in [0.1, 0.15) is 5.82 Å². The summed E-state index contributed by atoms with van der Waals surface area (Å²) in [6.45, 7) is 0. The first-order valence-corrected chi connectivity index (χ1v) is 16.2. The van der Waals surface area contributed by atoms with Crippen LogP contribution in [0.15, 0.2) is 181 Å². The molecule has 1 unspecified atom stereocenters. The molecule has 0 saturated heterocycles. The van der Waals surface area contributed by atoms with Gasteiger partial charge in [-0.05, 0) is 60.7 Å². The van der Waals surface area contributed by atoms with E-state index in [1.54, 1.807) is 0 Å². The highest BCUT2D eigenvalue weighted by Crippen LogP contribution is 2.37. The van der Waals surface area contributed by atoms with E-state index in [1.807, 2.05) is 77.7 Å². The summed E-state index contributed by atoms with van der Waals surface area (Å²) in [6, 6.07) is 53.8. The maximum absolute atomic E-state index is 6.57. The fourth-order valence-electron chi connectivity index (χ4n) is 5.86. The number of allylic oxidation sites excluding steroid dienone is 2. The summed E-state index contributed by atoms with van der Waals surface area (Å²) in [4.78, 5) is 5.40. The Morgan fingerprint density at radius 1 is 0.500 bits per heavy atom. The summed E-state index contributed by atoms with van der Waals surface area (Å²) in [5.41, 5.74) is 20.6. The number of nitrogens with zero attached hydrogens (tertiary/aromatic N) is 2. The Morgan fingerprint density at radius 3 is 1.41 bits per heavy atom. The van der Waals surface area contributed by atoms with Gasteiger partial charge in [0.2, 0.25) is 0 Å². The lowest BCUT2D eigenvalue weighted by molar-refractivity contribution is 1.12. The number of fused-ring (bicyclic) bond motifs is 6. The molecule has 5 N–H and O–H groups in total. The highest BCUT2D eigenvalue weighted by molar-refractivity contribution is 7.41. The molecule has 6 heteroatoms. The summed E-state index contributed by atoms with van der Waals surface area (Å²) in [5, 5.41) is 5.08. The number of nitrogens with one attached hydrogen (secondary N) is 1. The normalized spacial score (nSPS) is 12.3. The lowest BCUT2D eigenvalue weighted by atomic mass is 10.2. The summed E-state index contributed by atoms with van der Waals surface area (Å²) >= 11 is 0. The van der Waals surface area contributed by atoms with Crippen LogP contribution in [0.25, 0.3) is 43.6 Å². The van der Waals surface area contributed by atoms with Crippen LogP contribution in [0.4, 0.5) is 11.4 Å². The molecule has 0 spiro atoms. The van der Waals surface area contributed by atoms with Gasteiger partial charge in [-0.2, -0.15) is 0 Å². The molecule has 0 bridgehead atoms. The van der Waals surface area contributed by atoms with Gasteiger partial charge >= 0.3 is 0 Å². The molecule has 5 nitrogen and oxygen atoms in total. The van der Waals surface area contributed by atoms with Crippen molar-refractivity contribution in [2.45, 2.75) is 0 Å². The van der Waals surface area contributed by atoms with Crippen molar-refractivity contribution in [2.75, 3.05) is 4.90 Å². The lowest BCUT2D eigenvalue weighted by Crippen LogP contribution is -2.22. The smallest absolute Gasteiger partial charge is 0.108 e. The topological polar surface area (TPSA) is 76.0 Å². The Labute approximate surface area is 269 Å². The number of H-pyrrole nitrogens is 1. The number of hydrogen-bond donors (Lipinski definition) is 3. The number of benzene rings is 6. The van der Waals surface area contributed by atoms with Crippen LogP contribution in [0.1, 0.15) is 0 Å². The molecular weight excluding hydrogens is 581 g/mol. The Morgan fingerprint density at radius 2 is 0.913 bits per heavy atom. The number of hydrogen-bond acceptors (Lipinski definition) is 3. The van der Waals surface area contributed by atoms with E-state index in [0.717, 1.165) is 16.8 Å². The molecule has 224 valence electrons. The Bertz CT molecular complexity index is 2170. The molecule has 2 heterocycles. The van der Waals surface area contributed by atoms with Crippen LogP contribution in [-0.4, -0.2) is 9.32 Å². The largest absolute Gasteiger partial charge is 0.397 e. The maximum Gasteiger partial charge on any atom is 0.108 e. The quantitative estimate of drug-likeness (QED) is 0.129. The third kappa shape index (κ3) is 5.84. The van der Waals surface area contributed by atoms with Crippen molar-refractivity contribution in [3.05, 3.63) is 181 Å². The third-order valence-electron chi connectivity index (χ3n) is 7.96. The van der Waals surface area contributed by atoms with Crippen molar-refractivity contribution >= 4 is 63.7 Å². The number of para-hydroxylation sites is 6. The molecule has 46 heavy (non-hydrogen) atoms. The molecule has 0 aliphatic heterocycles. The van der Waals surface area contributed by atoms with Gasteiger partial charge in [-0.3, -0.25) is 4.90 Å². The van der Waals surface area contributed by atoms with Crippen LogP contribution < -0.4 is 16.4 Å². The van der Waals surface area contributed by atoms with Gasteiger partial charge in [0, 0.05) is 52.7 Å². The van der Waals surface area contributed by atoms with Gasteiger partial charge in [0.05, 0.1) is 16.5 Å². The third-order valence-corrected chi connectivity index (χ3v) is 9.09. The zero-order valence-corrected chi connectivity index (χ0v) is 26.2. The molecule has 8 rings (SSSR count). The highest BCUT2D eigenvalue weighted by atomic mass is 31.1. The summed E-state index contributed by atoms with van der Waals surface area (Å²) in [5.74, 6) is 0.599. The van der Waals surface area contributed by atoms with Crippen LogP contribution >= 0.6 is 8.73 Å². The number of rotatable bonds is 6. The molecule has 2 aromatic heterocycles. The van der Waals surface area contributed by atoms with Gasteiger partial charge in [-0.1, -0.05) is 109 Å².